The minimum absolute atomic E-state index is 0.136. The number of anilines is 2. The van der Waals surface area contributed by atoms with Gasteiger partial charge < -0.3 is 4.90 Å². The molecule has 2 aromatic heterocycles. The number of nitrogens with zero attached hydrogens (tertiary/aromatic N) is 7. The molecule has 0 aromatic carbocycles. The van der Waals surface area contributed by atoms with E-state index in [0.717, 1.165) is 12.1 Å². The highest BCUT2D eigenvalue weighted by Gasteiger charge is 2.33. The van der Waals surface area contributed by atoms with Crippen molar-refractivity contribution in [1.82, 2.24) is 14.9 Å². The van der Waals surface area contributed by atoms with E-state index in [0.29, 0.717) is 35.2 Å². The molecular formula is C18H19N7OS. The van der Waals surface area contributed by atoms with Crippen molar-refractivity contribution >= 4 is 28.1 Å². The number of likely N-dealkylation sites (N-methyl/N-ethyl adjacent to an activating group) is 1. The average molecular weight is 381 g/mol. The number of likely N-dealkylation sites (tertiary alicyclic amines) is 1. The topological polar surface area (TPSA) is 100 Å². The zero-order chi connectivity index (χ0) is 19.6. The standard InChI is InChI=1S/C18H19N7OS/c1-23(2)15-7-6-12(21-13(15)9-19)14-10-27-18(22-14)24(3)17(26)16-5-4-8-25(16)11-20/h6-7,10,16H,4-5,8H2,1-3H3. The minimum atomic E-state index is -0.421. The highest BCUT2D eigenvalue weighted by atomic mass is 32.1. The van der Waals surface area contributed by atoms with Crippen LogP contribution in [0.25, 0.3) is 11.4 Å². The van der Waals surface area contributed by atoms with Crippen LogP contribution in [0.3, 0.4) is 0 Å². The molecule has 1 fully saturated rings. The lowest BCUT2D eigenvalue weighted by atomic mass is 10.2. The maximum atomic E-state index is 12.7. The van der Waals surface area contributed by atoms with Gasteiger partial charge in [0.05, 0.1) is 11.4 Å². The van der Waals surface area contributed by atoms with Crippen LogP contribution in [-0.4, -0.2) is 54.5 Å². The number of carbonyl (C=O) groups is 1. The second kappa shape index (κ2) is 7.60. The van der Waals surface area contributed by atoms with Gasteiger partial charge in [0, 0.05) is 33.1 Å². The Labute approximate surface area is 161 Å². The Bertz CT molecular complexity index is 940. The summed E-state index contributed by atoms with van der Waals surface area (Å²) in [6.45, 7) is 0.614. The van der Waals surface area contributed by atoms with Gasteiger partial charge in [0.25, 0.3) is 5.91 Å². The van der Waals surface area contributed by atoms with Crippen LogP contribution in [-0.2, 0) is 4.79 Å². The number of rotatable bonds is 4. The molecule has 1 aliphatic rings. The fourth-order valence-electron chi connectivity index (χ4n) is 3.03. The lowest BCUT2D eigenvalue weighted by molar-refractivity contribution is -0.121. The van der Waals surface area contributed by atoms with Crippen molar-refractivity contribution in [2.45, 2.75) is 18.9 Å². The Kier molecular flexibility index (Phi) is 5.24. The third-order valence-corrected chi connectivity index (χ3v) is 5.42. The maximum absolute atomic E-state index is 12.7. The monoisotopic (exact) mass is 381 g/mol. The van der Waals surface area contributed by atoms with Gasteiger partial charge in [-0.2, -0.15) is 10.5 Å². The van der Waals surface area contributed by atoms with Gasteiger partial charge in [-0.05, 0) is 25.0 Å². The zero-order valence-corrected chi connectivity index (χ0v) is 16.2. The van der Waals surface area contributed by atoms with Gasteiger partial charge in [-0.25, -0.2) is 9.97 Å². The molecule has 0 aliphatic carbocycles. The normalized spacial score (nSPS) is 15.9. The molecule has 2 aromatic rings. The zero-order valence-electron chi connectivity index (χ0n) is 15.4. The van der Waals surface area contributed by atoms with Crippen LogP contribution in [0.4, 0.5) is 10.8 Å². The van der Waals surface area contributed by atoms with E-state index in [9.17, 15) is 10.1 Å². The summed E-state index contributed by atoms with van der Waals surface area (Å²) in [5.41, 5.74) is 2.26. The number of carbonyl (C=O) groups excluding carboxylic acids is 1. The third-order valence-electron chi connectivity index (χ3n) is 4.50. The Hall–Kier alpha value is -3.17. The van der Waals surface area contributed by atoms with E-state index in [2.05, 4.69) is 22.2 Å². The summed E-state index contributed by atoms with van der Waals surface area (Å²) >= 11 is 1.33. The Morgan fingerprint density at radius 1 is 1.26 bits per heavy atom. The predicted molar refractivity (Wildman–Crippen MR) is 103 cm³/mol. The first kappa shape index (κ1) is 18.6. The second-order valence-electron chi connectivity index (χ2n) is 6.43. The average Bonchev–Trinajstić information content (AvgIpc) is 3.35. The Balaban J connectivity index is 1.84. The summed E-state index contributed by atoms with van der Waals surface area (Å²) in [5, 5.41) is 20.8. The van der Waals surface area contributed by atoms with E-state index in [-0.39, 0.29) is 5.91 Å². The minimum Gasteiger partial charge on any atom is -0.375 e. The molecule has 1 aliphatic heterocycles. The van der Waals surface area contributed by atoms with E-state index < -0.39 is 6.04 Å². The molecular weight excluding hydrogens is 362 g/mol. The van der Waals surface area contributed by atoms with Crippen LogP contribution in [0, 0.1) is 22.8 Å². The van der Waals surface area contributed by atoms with E-state index in [1.165, 1.54) is 21.1 Å². The fraction of sp³-hybridized carbons (Fsp3) is 0.389. The number of thiazole rings is 1. The van der Waals surface area contributed by atoms with Crippen molar-refractivity contribution in [3.63, 3.8) is 0 Å². The van der Waals surface area contributed by atoms with Gasteiger partial charge in [-0.15, -0.1) is 11.3 Å². The number of aromatic nitrogens is 2. The first-order valence-corrected chi connectivity index (χ1v) is 9.32. The van der Waals surface area contributed by atoms with E-state index in [1.807, 2.05) is 36.5 Å². The molecule has 3 rings (SSSR count). The fourth-order valence-corrected chi connectivity index (χ4v) is 3.82. The molecule has 8 nitrogen and oxygen atoms in total. The van der Waals surface area contributed by atoms with Crippen LogP contribution in [0.1, 0.15) is 18.5 Å². The van der Waals surface area contributed by atoms with Crippen LogP contribution < -0.4 is 9.80 Å². The molecule has 138 valence electrons. The number of amides is 1. The van der Waals surface area contributed by atoms with Crippen molar-refractivity contribution < 1.29 is 4.79 Å². The van der Waals surface area contributed by atoms with Crippen molar-refractivity contribution in [2.24, 2.45) is 0 Å². The van der Waals surface area contributed by atoms with Crippen molar-refractivity contribution in [3.05, 3.63) is 23.2 Å². The summed E-state index contributed by atoms with van der Waals surface area (Å²) in [4.78, 5) is 26.5. The number of hydrogen-bond donors (Lipinski definition) is 0. The van der Waals surface area contributed by atoms with E-state index in [1.54, 1.807) is 7.05 Å². The van der Waals surface area contributed by atoms with Crippen molar-refractivity contribution in [2.75, 3.05) is 37.5 Å². The number of nitriles is 2. The molecule has 3 heterocycles. The number of hydrogen-bond acceptors (Lipinski definition) is 8. The number of pyridine rings is 1. The third kappa shape index (κ3) is 3.55. The van der Waals surface area contributed by atoms with Crippen LogP contribution in [0.5, 0.6) is 0 Å². The van der Waals surface area contributed by atoms with E-state index >= 15 is 0 Å². The highest BCUT2D eigenvalue weighted by molar-refractivity contribution is 7.14. The largest absolute Gasteiger partial charge is 0.375 e. The lowest BCUT2D eigenvalue weighted by Gasteiger charge is -2.22. The second-order valence-corrected chi connectivity index (χ2v) is 7.27. The smallest absolute Gasteiger partial charge is 0.251 e. The SMILES string of the molecule is CN(C)c1ccc(-c2csc(N(C)C(=O)C3CCCN3C#N)n2)nc1C#N. The maximum Gasteiger partial charge on any atom is 0.251 e. The summed E-state index contributed by atoms with van der Waals surface area (Å²) in [5.74, 6) is -0.136. The van der Waals surface area contributed by atoms with Crippen molar-refractivity contribution in [3.8, 4) is 23.7 Å². The van der Waals surface area contributed by atoms with Gasteiger partial charge in [0.15, 0.2) is 17.0 Å². The van der Waals surface area contributed by atoms with Gasteiger partial charge in [0.2, 0.25) is 0 Å². The summed E-state index contributed by atoms with van der Waals surface area (Å²) in [6, 6.07) is 5.33. The Morgan fingerprint density at radius 2 is 2.04 bits per heavy atom. The molecule has 0 spiro atoms. The lowest BCUT2D eigenvalue weighted by Crippen LogP contribution is -2.42. The molecule has 1 unspecified atom stereocenters. The Morgan fingerprint density at radius 3 is 2.70 bits per heavy atom. The molecule has 1 atom stereocenters. The molecule has 9 heteroatoms. The molecule has 0 saturated carbocycles. The summed E-state index contributed by atoms with van der Waals surface area (Å²) in [7, 11) is 5.38. The molecule has 27 heavy (non-hydrogen) atoms. The van der Waals surface area contributed by atoms with Crippen molar-refractivity contribution in [1.29, 1.82) is 10.5 Å². The molecule has 1 saturated heterocycles. The van der Waals surface area contributed by atoms with Crippen LogP contribution in [0.2, 0.25) is 0 Å². The first-order valence-electron chi connectivity index (χ1n) is 8.44. The quantitative estimate of drug-likeness (QED) is 0.747. The highest BCUT2D eigenvalue weighted by Crippen LogP contribution is 2.29. The molecule has 0 N–H and O–H groups in total. The summed E-state index contributed by atoms with van der Waals surface area (Å²) in [6.07, 6.45) is 3.59. The van der Waals surface area contributed by atoms with Gasteiger partial charge in [0.1, 0.15) is 17.8 Å². The molecule has 0 bridgehead atoms. The van der Waals surface area contributed by atoms with Crippen LogP contribution in [0.15, 0.2) is 17.5 Å². The molecule has 1 amide bonds. The van der Waals surface area contributed by atoms with Gasteiger partial charge in [-0.1, -0.05) is 0 Å². The van der Waals surface area contributed by atoms with Gasteiger partial charge in [-0.3, -0.25) is 14.6 Å². The predicted octanol–water partition coefficient (Wildman–Crippen LogP) is 2.05. The van der Waals surface area contributed by atoms with Gasteiger partial charge >= 0.3 is 0 Å². The molecule has 0 radical (unpaired) electrons. The van der Waals surface area contributed by atoms with E-state index in [4.69, 9.17) is 5.26 Å². The summed E-state index contributed by atoms with van der Waals surface area (Å²) < 4.78 is 0. The van der Waals surface area contributed by atoms with Crippen LogP contribution >= 0.6 is 11.3 Å². The first-order chi connectivity index (χ1) is 13.0.